The minimum absolute atomic E-state index is 0.218. The van der Waals surface area contributed by atoms with Crippen LogP contribution in [0.15, 0.2) is 30.3 Å². The normalized spacial score (nSPS) is 10.3. The van der Waals surface area contributed by atoms with Crippen molar-refractivity contribution in [1.82, 2.24) is 9.80 Å². The second-order valence-electron chi connectivity index (χ2n) is 3.94. The Bertz CT molecular complexity index is 264. The van der Waals surface area contributed by atoms with Gasteiger partial charge in [-0.3, -0.25) is 9.80 Å². The molecule has 0 aliphatic carbocycles. The summed E-state index contributed by atoms with van der Waals surface area (Å²) >= 11 is 0. The van der Waals surface area contributed by atoms with Gasteiger partial charge in [-0.2, -0.15) is 0 Å². The summed E-state index contributed by atoms with van der Waals surface area (Å²) in [5, 5.41) is 8.78. The topological polar surface area (TPSA) is 26.7 Å². The lowest BCUT2D eigenvalue weighted by Crippen LogP contribution is -2.34. The van der Waals surface area contributed by atoms with E-state index in [1.54, 1.807) is 0 Å². The molecule has 0 saturated carbocycles. The fourth-order valence-electron chi connectivity index (χ4n) is 1.60. The van der Waals surface area contributed by atoms with Crippen LogP contribution < -0.4 is 0 Å². The molecule has 0 aliphatic rings. The van der Waals surface area contributed by atoms with E-state index in [0.717, 1.165) is 19.8 Å². The zero-order chi connectivity index (χ0) is 13.1. The maximum Gasteiger partial charge on any atom is 0.0558 e. The third kappa shape index (κ3) is 7.91. The van der Waals surface area contributed by atoms with Gasteiger partial charge in [0.05, 0.1) is 13.3 Å². The van der Waals surface area contributed by atoms with Crippen LogP contribution >= 0.6 is 0 Å². The second kappa shape index (κ2) is 10.3. The summed E-state index contributed by atoms with van der Waals surface area (Å²) in [4.78, 5) is 4.33. The Balaban J connectivity index is 0.00000121. The van der Waals surface area contributed by atoms with E-state index < -0.39 is 0 Å². The number of nitrogens with zero attached hydrogens (tertiary/aromatic N) is 2. The fourth-order valence-corrected chi connectivity index (χ4v) is 1.60. The molecule has 0 aromatic heterocycles. The standard InChI is InChI=1S/C12H20N2O.C2H6/c1-13(8-9-15)11-14(2)10-12-6-4-3-5-7-12;1-2/h3-7,15H,8-11H2,1-2H3;1-2H3. The van der Waals surface area contributed by atoms with Crippen molar-refractivity contribution in [1.29, 1.82) is 0 Å². The van der Waals surface area contributed by atoms with Crippen LogP contribution in [0, 0.1) is 0 Å². The Morgan fingerprint density at radius 1 is 1.00 bits per heavy atom. The van der Waals surface area contributed by atoms with E-state index >= 15 is 0 Å². The second-order valence-corrected chi connectivity index (χ2v) is 3.94. The molecule has 1 N–H and O–H groups in total. The van der Waals surface area contributed by atoms with Gasteiger partial charge in [-0.1, -0.05) is 44.2 Å². The first-order chi connectivity index (χ1) is 8.22. The van der Waals surface area contributed by atoms with Crippen molar-refractivity contribution in [2.45, 2.75) is 20.4 Å². The van der Waals surface area contributed by atoms with Crippen molar-refractivity contribution < 1.29 is 5.11 Å². The molecule has 1 aromatic carbocycles. The van der Waals surface area contributed by atoms with E-state index in [1.165, 1.54) is 5.56 Å². The number of hydrogen-bond acceptors (Lipinski definition) is 3. The first kappa shape index (κ1) is 16.1. The van der Waals surface area contributed by atoms with Crippen LogP contribution in [0.5, 0.6) is 0 Å². The van der Waals surface area contributed by atoms with Crippen LogP contribution in [0.1, 0.15) is 19.4 Å². The molecule has 0 heterocycles. The molecule has 17 heavy (non-hydrogen) atoms. The van der Waals surface area contributed by atoms with E-state index in [9.17, 15) is 0 Å². The molecule has 0 fully saturated rings. The van der Waals surface area contributed by atoms with Crippen LogP contribution in [-0.4, -0.2) is 48.8 Å². The lowest BCUT2D eigenvalue weighted by atomic mass is 10.2. The Morgan fingerprint density at radius 2 is 1.59 bits per heavy atom. The zero-order valence-electron chi connectivity index (χ0n) is 11.6. The number of likely N-dealkylation sites (N-methyl/N-ethyl adjacent to an activating group) is 1. The monoisotopic (exact) mass is 238 g/mol. The van der Waals surface area contributed by atoms with Gasteiger partial charge in [-0.15, -0.1) is 0 Å². The van der Waals surface area contributed by atoms with Gasteiger partial charge < -0.3 is 5.11 Å². The Kier molecular flexibility index (Phi) is 9.72. The highest BCUT2D eigenvalue weighted by Gasteiger charge is 2.03. The third-order valence-electron chi connectivity index (χ3n) is 2.26. The first-order valence-electron chi connectivity index (χ1n) is 6.24. The highest BCUT2D eigenvalue weighted by Crippen LogP contribution is 2.02. The molecule has 0 atom stereocenters. The Morgan fingerprint density at radius 3 is 2.12 bits per heavy atom. The fraction of sp³-hybridized carbons (Fsp3) is 0.571. The van der Waals surface area contributed by atoms with Crippen molar-refractivity contribution in [3.8, 4) is 0 Å². The summed E-state index contributed by atoms with van der Waals surface area (Å²) in [5.74, 6) is 0. The van der Waals surface area contributed by atoms with Gasteiger partial charge in [0.2, 0.25) is 0 Å². The van der Waals surface area contributed by atoms with E-state index in [0.29, 0.717) is 0 Å². The molecular formula is C14H26N2O. The molecule has 1 aromatic rings. The summed E-state index contributed by atoms with van der Waals surface area (Å²) in [6.45, 7) is 6.75. The van der Waals surface area contributed by atoms with Crippen LogP contribution in [0.3, 0.4) is 0 Å². The molecule has 0 bridgehead atoms. The predicted octanol–water partition coefficient (Wildman–Crippen LogP) is 2.03. The van der Waals surface area contributed by atoms with E-state index in [2.05, 4.69) is 41.1 Å². The predicted molar refractivity (Wildman–Crippen MR) is 73.8 cm³/mol. The number of benzene rings is 1. The maximum absolute atomic E-state index is 8.78. The van der Waals surface area contributed by atoms with Crippen molar-refractivity contribution in [2.75, 3.05) is 33.9 Å². The minimum Gasteiger partial charge on any atom is -0.395 e. The molecule has 0 aliphatic heterocycles. The molecule has 0 spiro atoms. The summed E-state index contributed by atoms with van der Waals surface area (Å²) < 4.78 is 0. The molecular weight excluding hydrogens is 212 g/mol. The van der Waals surface area contributed by atoms with Gasteiger partial charge >= 0.3 is 0 Å². The molecule has 0 radical (unpaired) electrons. The number of hydrogen-bond donors (Lipinski definition) is 1. The average Bonchev–Trinajstić information content (AvgIpc) is 2.33. The van der Waals surface area contributed by atoms with Crippen LogP contribution in [0.4, 0.5) is 0 Å². The van der Waals surface area contributed by atoms with E-state index in [4.69, 9.17) is 5.11 Å². The summed E-state index contributed by atoms with van der Waals surface area (Å²) in [5.41, 5.74) is 1.32. The molecule has 0 unspecified atom stereocenters. The lowest BCUT2D eigenvalue weighted by molar-refractivity contribution is 0.147. The number of aliphatic hydroxyl groups excluding tert-OH is 1. The van der Waals surface area contributed by atoms with Gasteiger partial charge in [0.25, 0.3) is 0 Å². The van der Waals surface area contributed by atoms with Gasteiger partial charge in [-0.05, 0) is 19.7 Å². The van der Waals surface area contributed by atoms with Crippen LogP contribution in [0.2, 0.25) is 0 Å². The molecule has 3 nitrogen and oxygen atoms in total. The van der Waals surface area contributed by atoms with Crippen molar-refractivity contribution >= 4 is 0 Å². The van der Waals surface area contributed by atoms with Gasteiger partial charge in [0, 0.05) is 13.1 Å². The molecule has 1 rings (SSSR count). The number of rotatable bonds is 6. The Labute approximate surface area is 106 Å². The number of aliphatic hydroxyl groups is 1. The van der Waals surface area contributed by atoms with E-state index in [1.807, 2.05) is 27.0 Å². The van der Waals surface area contributed by atoms with Gasteiger partial charge in [-0.25, -0.2) is 0 Å². The minimum atomic E-state index is 0.218. The average molecular weight is 238 g/mol. The summed E-state index contributed by atoms with van der Waals surface area (Å²) in [7, 11) is 4.10. The van der Waals surface area contributed by atoms with Gasteiger partial charge in [0.15, 0.2) is 0 Å². The van der Waals surface area contributed by atoms with Crippen molar-refractivity contribution in [3.63, 3.8) is 0 Å². The van der Waals surface area contributed by atoms with Crippen LogP contribution in [0.25, 0.3) is 0 Å². The largest absolute Gasteiger partial charge is 0.395 e. The van der Waals surface area contributed by atoms with Crippen molar-refractivity contribution in [3.05, 3.63) is 35.9 Å². The lowest BCUT2D eigenvalue weighted by Gasteiger charge is -2.23. The highest BCUT2D eigenvalue weighted by molar-refractivity contribution is 5.14. The molecule has 98 valence electrons. The SMILES string of the molecule is CC.CN(CCO)CN(C)Cc1ccccc1. The summed E-state index contributed by atoms with van der Waals surface area (Å²) in [6, 6.07) is 10.4. The molecule has 0 saturated heterocycles. The Hall–Kier alpha value is -0.900. The van der Waals surface area contributed by atoms with Crippen molar-refractivity contribution in [2.24, 2.45) is 0 Å². The third-order valence-corrected chi connectivity index (χ3v) is 2.26. The first-order valence-corrected chi connectivity index (χ1v) is 6.24. The zero-order valence-corrected chi connectivity index (χ0v) is 11.6. The highest BCUT2D eigenvalue weighted by atomic mass is 16.3. The smallest absolute Gasteiger partial charge is 0.0558 e. The van der Waals surface area contributed by atoms with Crippen LogP contribution in [-0.2, 0) is 6.54 Å². The van der Waals surface area contributed by atoms with E-state index in [-0.39, 0.29) is 6.61 Å². The maximum atomic E-state index is 8.78. The quantitative estimate of drug-likeness (QED) is 0.768. The van der Waals surface area contributed by atoms with Gasteiger partial charge in [0.1, 0.15) is 0 Å². The summed E-state index contributed by atoms with van der Waals surface area (Å²) in [6.07, 6.45) is 0. The molecule has 3 heteroatoms. The molecule has 0 amide bonds.